The lowest BCUT2D eigenvalue weighted by atomic mass is 10.1. The van der Waals surface area contributed by atoms with Gasteiger partial charge in [-0.25, -0.2) is 4.98 Å². The molecule has 3 aromatic rings. The highest BCUT2D eigenvalue weighted by Crippen LogP contribution is 2.20. The van der Waals surface area contributed by atoms with E-state index in [1.54, 1.807) is 17.2 Å². The first-order valence-corrected chi connectivity index (χ1v) is 9.18. The Morgan fingerprint density at radius 3 is 3.00 bits per heavy atom. The van der Waals surface area contributed by atoms with Gasteiger partial charge in [0.1, 0.15) is 5.76 Å². The van der Waals surface area contributed by atoms with Crippen LogP contribution in [0.5, 0.6) is 0 Å². The van der Waals surface area contributed by atoms with Crippen molar-refractivity contribution in [2.75, 3.05) is 13.1 Å². The number of carbonyl (C=O) groups excluding carboxylic acids is 2. The number of furan rings is 1. The molecule has 2 aromatic heterocycles. The molecule has 0 bridgehead atoms. The van der Waals surface area contributed by atoms with Crippen molar-refractivity contribution in [3.63, 3.8) is 0 Å². The van der Waals surface area contributed by atoms with Gasteiger partial charge in [0, 0.05) is 26.1 Å². The van der Waals surface area contributed by atoms with Crippen LogP contribution in [-0.2, 0) is 22.7 Å². The smallest absolute Gasteiger partial charge is 0.225 e. The lowest BCUT2D eigenvalue weighted by molar-refractivity contribution is -0.129. The van der Waals surface area contributed by atoms with Gasteiger partial charge in [0.25, 0.3) is 0 Å². The Labute approximate surface area is 157 Å². The molecular weight excluding hydrogens is 344 g/mol. The number of hydrogen-bond donors (Lipinski definition) is 1. The number of carbonyl (C=O) groups is 2. The number of aromatic nitrogens is 2. The first kappa shape index (κ1) is 17.3. The molecule has 7 nitrogen and oxygen atoms in total. The molecule has 27 heavy (non-hydrogen) atoms. The van der Waals surface area contributed by atoms with Crippen molar-refractivity contribution in [2.45, 2.75) is 25.9 Å². The van der Waals surface area contributed by atoms with E-state index < -0.39 is 0 Å². The maximum atomic E-state index is 12.4. The van der Waals surface area contributed by atoms with E-state index in [0.29, 0.717) is 19.6 Å². The third-order valence-corrected chi connectivity index (χ3v) is 4.91. The summed E-state index contributed by atoms with van der Waals surface area (Å²) in [6.07, 6.45) is 4.49. The van der Waals surface area contributed by atoms with Gasteiger partial charge >= 0.3 is 0 Å². The Hall–Kier alpha value is -3.09. The summed E-state index contributed by atoms with van der Waals surface area (Å²) in [5.74, 6) is 0.385. The Morgan fingerprint density at radius 1 is 1.26 bits per heavy atom. The van der Waals surface area contributed by atoms with Gasteiger partial charge in [-0.3, -0.25) is 9.59 Å². The SMILES string of the molecule is O=C(NCCCn1cnc2ccccc21)C1CC(=O)N(Cc2ccco2)C1. The molecule has 1 aromatic carbocycles. The Balaban J connectivity index is 1.23. The van der Waals surface area contributed by atoms with Gasteiger partial charge in [0.05, 0.1) is 36.1 Å². The van der Waals surface area contributed by atoms with Gasteiger partial charge in [0.2, 0.25) is 11.8 Å². The number of nitrogens with one attached hydrogen (secondary N) is 1. The zero-order valence-corrected chi connectivity index (χ0v) is 15.0. The molecule has 1 atom stereocenters. The minimum absolute atomic E-state index is 0.00330. The predicted octanol–water partition coefficient (Wildman–Crippen LogP) is 2.18. The molecule has 1 aliphatic heterocycles. The van der Waals surface area contributed by atoms with E-state index in [9.17, 15) is 9.59 Å². The van der Waals surface area contributed by atoms with Gasteiger partial charge in [0.15, 0.2) is 0 Å². The molecule has 3 heterocycles. The number of fused-ring (bicyclic) bond motifs is 1. The third kappa shape index (κ3) is 3.86. The molecule has 1 aliphatic rings. The van der Waals surface area contributed by atoms with Gasteiger partial charge in [-0.15, -0.1) is 0 Å². The molecule has 0 spiro atoms. The van der Waals surface area contributed by atoms with E-state index in [4.69, 9.17) is 4.42 Å². The fraction of sp³-hybridized carbons (Fsp3) is 0.350. The van der Waals surface area contributed by atoms with Gasteiger partial charge in [-0.2, -0.15) is 0 Å². The molecular formula is C20H22N4O3. The number of amides is 2. The lowest BCUT2D eigenvalue weighted by Crippen LogP contribution is -2.33. The van der Waals surface area contributed by atoms with Crippen molar-refractivity contribution in [1.29, 1.82) is 0 Å². The average Bonchev–Trinajstić information content (AvgIpc) is 3.40. The first-order chi connectivity index (χ1) is 13.2. The second-order valence-corrected chi connectivity index (χ2v) is 6.83. The largest absolute Gasteiger partial charge is 0.467 e. The normalized spacial score (nSPS) is 17.0. The number of rotatable bonds is 7. The summed E-state index contributed by atoms with van der Waals surface area (Å²) in [4.78, 5) is 30.5. The number of hydrogen-bond acceptors (Lipinski definition) is 4. The predicted molar refractivity (Wildman–Crippen MR) is 99.6 cm³/mol. The number of aryl methyl sites for hydroxylation is 1. The van der Waals surface area contributed by atoms with Crippen molar-refractivity contribution in [1.82, 2.24) is 19.8 Å². The minimum Gasteiger partial charge on any atom is -0.467 e. The van der Waals surface area contributed by atoms with E-state index in [1.165, 1.54) is 0 Å². The minimum atomic E-state index is -0.290. The van der Waals surface area contributed by atoms with Crippen molar-refractivity contribution in [2.24, 2.45) is 5.92 Å². The molecule has 0 aliphatic carbocycles. The number of benzene rings is 1. The maximum absolute atomic E-state index is 12.4. The van der Waals surface area contributed by atoms with Crippen LogP contribution in [0.15, 0.2) is 53.4 Å². The summed E-state index contributed by atoms with van der Waals surface area (Å²) >= 11 is 0. The summed E-state index contributed by atoms with van der Waals surface area (Å²) in [7, 11) is 0. The van der Waals surface area contributed by atoms with Crippen LogP contribution in [-0.4, -0.2) is 39.4 Å². The fourth-order valence-corrected chi connectivity index (χ4v) is 3.49. The summed E-state index contributed by atoms with van der Waals surface area (Å²) in [5, 5.41) is 2.96. The summed E-state index contributed by atoms with van der Waals surface area (Å²) in [6, 6.07) is 11.6. The van der Waals surface area contributed by atoms with Crippen LogP contribution < -0.4 is 5.32 Å². The zero-order chi connectivity index (χ0) is 18.6. The molecule has 1 saturated heterocycles. The van der Waals surface area contributed by atoms with E-state index in [0.717, 1.165) is 29.8 Å². The number of likely N-dealkylation sites (tertiary alicyclic amines) is 1. The molecule has 1 N–H and O–H groups in total. The fourth-order valence-electron chi connectivity index (χ4n) is 3.49. The monoisotopic (exact) mass is 366 g/mol. The molecule has 0 saturated carbocycles. The van der Waals surface area contributed by atoms with Crippen molar-refractivity contribution >= 4 is 22.8 Å². The Kier molecular flexibility index (Phi) is 4.91. The summed E-state index contributed by atoms with van der Waals surface area (Å²) < 4.78 is 7.37. The number of imidazole rings is 1. The molecule has 140 valence electrons. The highest BCUT2D eigenvalue weighted by Gasteiger charge is 2.34. The molecule has 2 amide bonds. The van der Waals surface area contributed by atoms with E-state index >= 15 is 0 Å². The summed E-state index contributed by atoms with van der Waals surface area (Å²) in [5.41, 5.74) is 2.07. The van der Waals surface area contributed by atoms with Crippen molar-refractivity contribution in [3.05, 3.63) is 54.7 Å². The van der Waals surface area contributed by atoms with Crippen molar-refractivity contribution in [3.8, 4) is 0 Å². The van der Waals surface area contributed by atoms with Crippen LogP contribution in [0.4, 0.5) is 0 Å². The topological polar surface area (TPSA) is 80.4 Å². The maximum Gasteiger partial charge on any atom is 0.225 e. The zero-order valence-electron chi connectivity index (χ0n) is 15.0. The first-order valence-electron chi connectivity index (χ1n) is 9.18. The Morgan fingerprint density at radius 2 is 2.15 bits per heavy atom. The third-order valence-electron chi connectivity index (χ3n) is 4.91. The molecule has 4 rings (SSSR count). The van der Waals surface area contributed by atoms with Gasteiger partial charge in [-0.05, 0) is 30.7 Å². The van der Waals surface area contributed by atoms with Crippen LogP contribution in [0.25, 0.3) is 11.0 Å². The molecule has 0 radical (unpaired) electrons. The van der Waals surface area contributed by atoms with E-state index in [2.05, 4.69) is 14.9 Å². The van der Waals surface area contributed by atoms with Crippen LogP contribution >= 0.6 is 0 Å². The molecule has 7 heteroatoms. The van der Waals surface area contributed by atoms with Crippen LogP contribution in [0, 0.1) is 5.92 Å². The summed E-state index contributed by atoms with van der Waals surface area (Å²) in [6.45, 7) is 2.23. The van der Waals surface area contributed by atoms with Gasteiger partial charge in [-0.1, -0.05) is 12.1 Å². The lowest BCUT2D eigenvalue weighted by Gasteiger charge is -2.15. The highest BCUT2D eigenvalue weighted by molar-refractivity contribution is 5.89. The van der Waals surface area contributed by atoms with Crippen LogP contribution in [0.3, 0.4) is 0 Å². The molecule has 1 fully saturated rings. The quantitative estimate of drug-likeness (QED) is 0.650. The van der Waals surface area contributed by atoms with Crippen molar-refractivity contribution < 1.29 is 14.0 Å². The second-order valence-electron chi connectivity index (χ2n) is 6.83. The average molecular weight is 366 g/mol. The van der Waals surface area contributed by atoms with Crippen LogP contribution in [0.2, 0.25) is 0 Å². The number of nitrogens with zero attached hydrogens (tertiary/aromatic N) is 3. The Bertz CT molecular complexity index is 932. The molecule has 1 unspecified atom stereocenters. The van der Waals surface area contributed by atoms with Gasteiger partial charge < -0.3 is 19.2 Å². The highest BCUT2D eigenvalue weighted by atomic mass is 16.3. The second kappa shape index (κ2) is 7.65. The van der Waals surface area contributed by atoms with Crippen LogP contribution in [0.1, 0.15) is 18.6 Å². The van der Waals surface area contributed by atoms with E-state index in [-0.39, 0.29) is 24.2 Å². The standard InChI is InChI=1S/C20H22N4O3/c25-19-11-15(12-24(19)13-16-5-3-10-27-16)20(26)21-8-4-9-23-14-22-17-6-1-2-7-18(17)23/h1-3,5-7,10,14-15H,4,8-9,11-13H2,(H,21,26). The number of para-hydroxylation sites is 2. The van der Waals surface area contributed by atoms with E-state index in [1.807, 2.05) is 36.7 Å².